The number of hydrogen-bond acceptors (Lipinski definition) is 7. The first-order chi connectivity index (χ1) is 10.9. The molecular formula is C15H23N5O2S. The second kappa shape index (κ2) is 6.64. The van der Waals surface area contributed by atoms with Crippen LogP contribution in [-0.4, -0.2) is 69.0 Å². The van der Waals surface area contributed by atoms with Crippen molar-refractivity contribution in [1.29, 1.82) is 0 Å². The number of furan rings is 1. The summed E-state index contributed by atoms with van der Waals surface area (Å²) in [7, 11) is 5.88. The van der Waals surface area contributed by atoms with Crippen LogP contribution in [0.2, 0.25) is 0 Å². The first kappa shape index (κ1) is 16.5. The molecule has 0 aromatic carbocycles. The van der Waals surface area contributed by atoms with Crippen LogP contribution in [0.25, 0.3) is 0 Å². The largest absolute Gasteiger partial charge is 0.453 e. The molecule has 0 aliphatic carbocycles. The number of nitrogens with zero attached hydrogens (tertiary/aromatic N) is 5. The summed E-state index contributed by atoms with van der Waals surface area (Å²) in [6, 6.07) is 3.94. The summed E-state index contributed by atoms with van der Waals surface area (Å²) < 4.78 is 7.73. The molecule has 2 aromatic heterocycles. The molecule has 0 spiro atoms. The second-order valence-electron chi connectivity index (χ2n) is 6.47. The van der Waals surface area contributed by atoms with E-state index in [4.69, 9.17) is 4.42 Å². The smallest absolute Gasteiger partial charge is 0.198 e. The summed E-state index contributed by atoms with van der Waals surface area (Å²) in [4.78, 5) is 4.27. The maximum absolute atomic E-state index is 10.6. The second-order valence-corrected chi connectivity index (χ2v) is 7.44. The van der Waals surface area contributed by atoms with Crippen molar-refractivity contribution < 1.29 is 9.52 Å². The molecule has 1 fully saturated rings. The Balaban J connectivity index is 1.57. The van der Waals surface area contributed by atoms with Crippen LogP contribution in [0.1, 0.15) is 12.2 Å². The zero-order valence-corrected chi connectivity index (χ0v) is 14.6. The predicted molar refractivity (Wildman–Crippen MR) is 87.2 cm³/mol. The van der Waals surface area contributed by atoms with E-state index in [1.165, 1.54) is 11.8 Å². The van der Waals surface area contributed by atoms with Crippen molar-refractivity contribution in [3.63, 3.8) is 0 Å². The van der Waals surface area contributed by atoms with Gasteiger partial charge in [0, 0.05) is 26.7 Å². The van der Waals surface area contributed by atoms with Crippen molar-refractivity contribution in [2.24, 2.45) is 7.05 Å². The minimum Gasteiger partial charge on any atom is -0.453 e. The van der Waals surface area contributed by atoms with Gasteiger partial charge < -0.3 is 19.0 Å². The van der Waals surface area contributed by atoms with Gasteiger partial charge in [-0.1, -0.05) is 0 Å². The summed E-state index contributed by atoms with van der Waals surface area (Å²) >= 11 is 1.46. The van der Waals surface area contributed by atoms with Gasteiger partial charge in [0.15, 0.2) is 10.2 Å². The third kappa shape index (κ3) is 4.14. The van der Waals surface area contributed by atoms with Gasteiger partial charge in [-0.15, -0.1) is 10.2 Å². The molecule has 8 heteroatoms. The fraction of sp³-hybridized carbons (Fsp3) is 0.600. The maximum Gasteiger partial charge on any atom is 0.198 e. The van der Waals surface area contributed by atoms with Crippen molar-refractivity contribution in [3.8, 4) is 0 Å². The summed E-state index contributed by atoms with van der Waals surface area (Å²) in [5.74, 6) is 0.906. The number of rotatable bonds is 6. The normalized spacial score (nSPS) is 22.3. The van der Waals surface area contributed by atoms with E-state index >= 15 is 0 Å². The fourth-order valence-corrected chi connectivity index (χ4v) is 3.71. The Morgan fingerprint density at radius 1 is 1.43 bits per heavy atom. The summed E-state index contributed by atoms with van der Waals surface area (Å²) in [6.45, 7) is 2.97. The highest BCUT2D eigenvalue weighted by molar-refractivity contribution is 7.99. The topological polar surface area (TPSA) is 70.6 Å². The Bertz CT molecular complexity index is 656. The van der Waals surface area contributed by atoms with Crippen LogP contribution >= 0.6 is 11.8 Å². The van der Waals surface area contributed by atoms with Crippen LogP contribution in [0.5, 0.6) is 0 Å². The predicted octanol–water partition coefficient (Wildman–Crippen LogP) is 1.06. The molecule has 0 saturated carbocycles. The molecule has 1 saturated heterocycles. The van der Waals surface area contributed by atoms with Crippen LogP contribution in [0, 0.1) is 0 Å². The van der Waals surface area contributed by atoms with Crippen molar-refractivity contribution in [3.05, 3.63) is 24.2 Å². The number of hydrogen-bond donors (Lipinski definition) is 1. The molecule has 23 heavy (non-hydrogen) atoms. The van der Waals surface area contributed by atoms with Gasteiger partial charge in [0.05, 0.1) is 12.1 Å². The lowest BCUT2D eigenvalue weighted by Crippen LogP contribution is -2.42. The monoisotopic (exact) mass is 337 g/mol. The summed E-state index contributed by atoms with van der Waals surface area (Å²) in [6.07, 6.45) is 2.47. The molecule has 1 N–H and O–H groups in total. The quantitative estimate of drug-likeness (QED) is 0.845. The number of aryl methyl sites for hydroxylation is 1. The van der Waals surface area contributed by atoms with Gasteiger partial charge in [0.25, 0.3) is 0 Å². The molecule has 0 unspecified atom stereocenters. The van der Waals surface area contributed by atoms with E-state index in [1.54, 1.807) is 6.33 Å². The van der Waals surface area contributed by atoms with Crippen molar-refractivity contribution in [2.75, 3.05) is 33.7 Å². The Hall–Kier alpha value is -1.35. The van der Waals surface area contributed by atoms with Gasteiger partial charge in [-0.2, -0.15) is 0 Å². The lowest BCUT2D eigenvalue weighted by atomic mass is 10.0. The Kier molecular flexibility index (Phi) is 4.77. The third-order valence-corrected chi connectivity index (χ3v) is 4.87. The average Bonchev–Trinajstić information content (AvgIpc) is 3.14. The standard InChI is InChI=1S/C15H23N5O2S/c1-18(2)9-15(21)6-7-20(10-15)8-12-4-5-13(22-12)23-14-17-16-11-19(14)3/h4-5,11,21H,6-10H2,1-3H3/t15-/m0/s1. The van der Waals surface area contributed by atoms with Crippen molar-refractivity contribution in [2.45, 2.75) is 28.8 Å². The maximum atomic E-state index is 10.6. The highest BCUT2D eigenvalue weighted by Gasteiger charge is 2.36. The zero-order valence-electron chi connectivity index (χ0n) is 13.8. The number of aromatic nitrogens is 3. The number of β-amino-alcohol motifs (C(OH)–C–C–N with tert-alkyl or cyclic N) is 1. The molecule has 1 aliphatic heterocycles. The van der Waals surface area contributed by atoms with Gasteiger partial charge in [0.1, 0.15) is 12.1 Å². The molecule has 3 rings (SSSR count). The molecule has 0 amide bonds. The Morgan fingerprint density at radius 3 is 2.96 bits per heavy atom. The highest BCUT2D eigenvalue weighted by atomic mass is 32.2. The van der Waals surface area contributed by atoms with Gasteiger partial charge in [-0.3, -0.25) is 4.90 Å². The number of likely N-dealkylation sites (N-methyl/N-ethyl adjacent to an activating group) is 1. The SMILES string of the molecule is CN(C)C[C@@]1(O)CCN(Cc2ccc(Sc3nncn3C)o2)C1. The van der Waals surface area contributed by atoms with Gasteiger partial charge in [0.2, 0.25) is 0 Å². The van der Waals surface area contributed by atoms with Crippen LogP contribution < -0.4 is 0 Å². The molecule has 126 valence electrons. The van der Waals surface area contributed by atoms with E-state index in [0.29, 0.717) is 13.1 Å². The number of aliphatic hydroxyl groups is 1. The Labute approximate surface area is 140 Å². The highest BCUT2D eigenvalue weighted by Crippen LogP contribution is 2.29. The molecule has 3 heterocycles. The lowest BCUT2D eigenvalue weighted by Gasteiger charge is -2.26. The van der Waals surface area contributed by atoms with Gasteiger partial charge >= 0.3 is 0 Å². The molecule has 0 radical (unpaired) electrons. The third-order valence-electron chi connectivity index (χ3n) is 3.90. The van der Waals surface area contributed by atoms with E-state index < -0.39 is 5.60 Å². The lowest BCUT2D eigenvalue weighted by molar-refractivity contribution is 0.0234. The van der Waals surface area contributed by atoms with Crippen LogP contribution in [0.4, 0.5) is 0 Å². The average molecular weight is 337 g/mol. The zero-order chi connectivity index (χ0) is 16.4. The van der Waals surface area contributed by atoms with Crippen molar-refractivity contribution in [1.82, 2.24) is 24.6 Å². The molecule has 2 aromatic rings. The van der Waals surface area contributed by atoms with Crippen LogP contribution in [0.15, 0.2) is 33.1 Å². The van der Waals surface area contributed by atoms with E-state index in [0.717, 1.165) is 35.5 Å². The molecule has 1 aliphatic rings. The van der Waals surface area contributed by atoms with E-state index in [-0.39, 0.29) is 0 Å². The van der Waals surface area contributed by atoms with E-state index in [2.05, 4.69) is 15.1 Å². The van der Waals surface area contributed by atoms with Gasteiger partial charge in [-0.25, -0.2) is 0 Å². The minimum atomic E-state index is -0.619. The molecular weight excluding hydrogens is 314 g/mol. The van der Waals surface area contributed by atoms with E-state index in [9.17, 15) is 5.11 Å². The molecule has 7 nitrogen and oxygen atoms in total. The fourth-order valence-electron chi connectivity index (χ4n) is 2.97. The van der Waals surface area contributed by atoms with E-state index in [1.807, 2.05) is 42.7 Å². The minimum absolute atomic E-state index is 0.619. The summed E-state index contributed by atoms with van der Waals surface area (Å²) in [5.41, 5.74) is -0.619. The number of likely N-dealkylation sites (tertiary alicyclic amines) is 1. The molecule has 0 bridgehead atoms. The first-order valence-electron chi connectivity index (χ1n) is 7.64. The van der Waals surface area contributed by atoms with Crippen molar-refractivity contribution >= 4 is 11.8 Å². The first-order valence-corrected chi connectivity index (χ1v) is 8.45. The summed E-state index contributed by atoms with van der Waals surface area (Å²) in [5, 5.41) is 20.1. The van der Waals surface area contributed by atoms with Crippen LogP contribution in [-0.2, 0) is 13.6 Å². The van der Waals surface area contributed by atoms with Crippen LogP contribution in [0.3, 0.4) is 0 Å². The molecule has 1 atom stereocenters. The van der Waals surface area contributed by atoms with Gasteiger partial charge in [-0.05, 0) is 44.4 Å². The Morgan fingerprint density at radius 2 is 2.26 bits per heavy atom.